The molecule has 0 bridgehead atoms. The van der Waals surface area contributed by atoms with E-state index in [9.17, 15) is 22.8 Å². The van der Waals surface area contributed by atoms with Crippen molar-refractivity contribution in [1.29, 1.82) is 0 Å². The van der Waals surface area contributed by atoms with E-state index in [0.717, 1.165) is 22.6 Å². The van der Waals surface area contributed by atoms with Crippen molar-refractivity contribution in [2.45, 2.75) is 17.6 Å². The molecule has 3 aromatic rings. The maximum atomic E-state index is 13.2. The van der Waals surface area contributed by atoms with Crippen molar-refractivity contribution < 1.29 is 22.8 Å². The van der Waals surface area contributed by atoms with Crippen LogP contribution in [0.3, 0.4) is 0 Å². The summed E-state index contributed by atoms with van der Waals surface area (Å²) < 4.78 is 38.5. The van der Waals surface area contributed by atoms with Crippen molar-refractivity contribution in [3.8, 4) is 0 Å². The topological polar surface area (TPSA) is 49.4 Å². The number of carbonyl (C=O) groups is 2. The minimum Gasteiger partial charge on any atom is -0.350 e. The molecular weight excluding hydrogens is 485 g/mol. The van der Waals surface area contributed by atoms with Gasteiger partial charge in [-0.3, -0.25) is 14.5 Å². The number of hydrogen-bond donors (Lipinski definition) is 1. The summed E-state index contributed by atoms with van der Waals surface area (Å²) in [6.45, 7) is -0.00358. The Hall–Kier alpha value is -3.23. The Morgan fingerprint density at radius 1 is 1.00 bits per heavy atom. The van der Waals surface area contributed by atoms with Crippen molar-refractivity contribution in [2.24, 2.45) is 0 Å². The number of nitrogens with zero attached hydrogens (tertiary/aromatic N) is 1. The molecule has 0 aromatic heterocycles. The van der Waals surface area contributed by atoms with Gasteiger partial charge in [-0.15, -0.1) is 0 Å². The Morgan fingerprint density at radius 2 is 1.68 bits per heavy atom. The molecule has 4 rings (SSSR count). The van der Waals surface area contributed by atoms with Gasteiger partial charge in [0.15, 0.2) is 0 Å². The summed E-state index contributed by atoms with van der Waals surface area (Å²) in [5.41, 5.74) is 1.03. The van der Waals surface area contributed by atoms with Crippen LogP contribution in [0.5, 0.6) is 0 Å². The highest BCUT2D eigenvalue weighted by atomic mass is 35.5. The van der Waals surface area contributed by atoms with Crippen molar-refractivity contribution in [2.75, 3.05) is 11.4 Å². The second-order valence-electron chi connectivity index (χ2n) is 7.46. The Bertz CT molecular complexity index is 1260. The second kappa shape index (κ2) is 9.95. The zero-order valence-electron chi connectivity index (χ0n) is 17.6. The molecule has 0 radical (unpaired) electrons. The van der Waals surface area contributed by atoms with Crippen molar-refractivity contribution in [3.05, 3.63) is 99.4 Å². The van der Waals surface area contributed by atoms with Crippen LogP contribution in [-0.2, 0) is 22.3 Å². The van der Waals surface area contributed by atoms with Crippen LogP contribution in [0.4, 0.5) is 18.9 Å². The Morgan fingerprint density at radius 3 is 2.38 bits per heavy atom. The summed E-state index contributed by atoms with van der Waals surface area (Å²) in [6.07, 6.45) is -2.91. The summed E-state index contributed by atoms with van der Waals surface area (Å²) in [4.78, 5) is 28.3. The van der Waals surface area contributed by atoms with Crippen LogP contribution in [0, 0.1) is 0 Å². The maximum Gasteiger partial charge on any atom is 0.416 e. The summed E-state index contributed by atoms with van der Waals surface area (Å²) in [6, 6.07) is 18.8. The lowest BCUT2D eigenvalue weighted by atomic mass is 10.1. The monoisotopic (exact) mass is 502 g/mol. The molecule has 0 spiro atoms. The Balaban J connectivity index is 1.55. The number of hydrogen-bond acceptors (Lipinski definition) is 3. The summed E-state index contributed by atoms with van der Waals surface area (Å²) in [5.74, 6) is -0.777. The predicted molar refractivity (Wildman–Crippen MR) is 127 cm³/mol. The van der Waals surface area contributed by atoms with Crippen LogP contribution in [-0.4, -0.2) is 18.4 Å². The summed E-state index contributed by atoms with van der Waals surface area (Å²) in [5, 5.41) is 3.30. The molecular formula is C25H18ClF3N2O2S. The van der Waals surface area contributed by atoms with E-state index in [-0.39, 0.29) is 19.0 Å². The van der Waals surface area contributed by atoms with Crippen LogP contribution in [0.15, 0.2) is 82.6 Å². The number of halogens is 4. The maximum absolute atomic E-state index is 13.2. The largest absolute Gasteiger partial charge is 0.416 e. The molecule has 3 aromatic carbocycles. The van der Waals surface area contributed by atoms with E-state index in [0.29, 0.717) is 21.2 Å². The number of thioether (sulfide) groups is 1. The predicted octanol–water partition coefficient (Wildman–Crippen LogP) is 6.16. The quantitative estimate of drug-likeness (QED) is 0.425. The van der Waals surface area contributed by atoms with Crippen molar-refractivity contribution in [1.82, 2.24) is 5.32 Å². The van der Waals surface area contributed by atoms with E-state index in [4.69, 9.17) is 11.6 Å². The third kappa shape index (κ3) is 5.46. The number of nitrogens with one attached hydrogen (secondary N) is 1. The van der Waals surface area contributed by atoms with E-state index in [1.54, 1.807) is 30.3 Å². The van der Waals surface area contributed by atoms with Crippen LogP contribution in [0.2, 0.25) is 5.02 Å². The molecule has 0 saturated heterocycles. The first-order valence-corrected chi connectivity index (χ1v) is 11.4. The third-order valence-corrected chi connectivity index (χ3v) is 6.55. The van der Waals surface area contributed by atoms with Crippen LogP contribution in [0.1, 0.15) is 16.7 Å². The highest BCUT2D eigenvalue weighted by molar-refractivity contribution is 8.04. The lowest BCUT2D eigenvalue weighted by Crippen LogP contribution is -2.42. The molecule has 2 amide bonds. The van der Waals surface area contributed by atoms with Gasteiger partial charge in [0.2, 0.25) is 5.91 Å². The van der Waals surface area contributed by atoms with E-state index >= 15 is 0 Å². The molecule has 0 aliphatic carbocycles. The summed E-state index contributed by atoms with van der Waals surface area (Å²) in [7, 11) is 0. The van der Waals surface area contributed by atoms with Gasteiger partial charge >= 0.3 is 6.18 Å². The average molecular weight is 503 g/mol. The molecule has 0 unspecified atom stereocenters. The molecule has 1 aliphatic heterocycles. The number of carbonyl (C=O) groups excluding carboxylic acids is 2. The Kier molecular flexibility index (Phi) is 7.00. The third-order valence-electron chi connectivity index (χ3n) is 5.10. The highest BCUT2D eigenvalue weighted by Crippen LogP contribution is 2.42. The van der Waals surface area contributed by atoms with E-state index in [2.05, 4.69) is 5.32 Å². The Labute approximate surface area is 203 Å². The lowest BCUT2D eigenvalue weighted by Gasteiger charge is -2.29. The molecule has 34 heavy (non-hydrogen) atoms. The normalized spacial score (nSPS) is 14.8. The van der Waals surface area contributed by atoms with Crippen molar-refractivity contribution in [3.63, 3.8) is 0 Å². The van der Waals surface area contributed by atoms with E-state index in [1.165, 1.54) is 34.9 Å². The van der Waals surface area contributed by atoms with Gasteiger partial charge in [0.05, 0.1) is 16.2 Å². The molecule has 1 N–H and O–H groups in total. The fourth-order valence-electron chi connectivity index (χ4n) is 3.37. The minimum absolute atomic E-state index is 0.213. The molecule has 0 fully saturated rings. The smallest absolute Gasteiger partial charge is 0.350 e. The summed E-state index contributed by atoms with van der Waals surface area (Å²) >= 11 is 7.34. The van der Waals surface area contributed by atoms with Gasteiger partial charge in [-0.2, -0.15) is 13.2 Å². The van der Waals surface area contributed by atoms with Gasteiger partial charge < -0.3 is 5.32 Å². The molecule has 1 aliphatic rings. The molecule has 4 nitrogen and oxygen atoms in total. The number of benzene rings is 3. The standard InChI is InChI=1S/C25H18ClF3N2O2S/c26-19-6-2-1-5-17(19)14-30-23(32)15-31-20-7-3-4-8-21(20)34-22(24(31)33)13-16-9-11-18(12-10-16)25(27,28)29/h1-13H,14-15H2,(H,30,32)/b22-13-. The minimum atomic E-state index is -4.44. The first-order chi connectivity index (χ1) is 16.2. The zero-order chi connectivity index (χ0) is 24.3. The molecule has 1 heterocycles. The van der Waals surface area contributed by atoms with Gasteiger partial charge in [-0.25, -0.2) is 0 Å². The number of alkyl halides is 3. The van der Waals surface area contributed by atoms with Gasteiger partial charge in [0.25, 0.3) is 5.91 Å². The molecule has 0 saturated carbocycles. The fourth-order valence-corrected chi connectivity index (χ4v) is 4.64. The molecule has 174 valence electrons. The SMILES string of the molecule is O=C(CN1C(=O)/C(=C/c2ccc(C(F)(F)F)cc2)Sc2ccccc21)NCc1ccccc1Cl. The van der Waals surface area contributed by atoms with E-state index in [1.807, 2.05) is 18.2 Å². The highest BCUT2D eigenvalue weighted by Gasteiger charge is 2.31. The van der Waals surface area contributed by atoms with E-state index < -0.39 is 17.6 Å². The number of rotatable bonds is 5. The van der Waals surface area contributed by atoms with Gasteiger partial charge in [-0.1, -0.05) is 65.8 Å². The first-order valence-electron chi connectivity index (χ1n) is 10.2. The number of para-hydroxylation sites is 1. The van der Waals surface area contributed by atoms with Crippen LogP contribution >= 0.6 is 23.4 Å². The number of anilines is 1. The second-order valence-corrected chi connectivity index (χ2v) is 8.95. The number of amides is 2. The number of fused-ring (bicyclic) bond motifs is 1. The zero-order valence-corrected chi connectivity index (χ0v) is 19.2. The van der Waals surface area contributed by atoms with Gasteiger partial charge in [0, 0.05) is 16.5 Å². The molecule has 0 atom stereocenters. The van der Waals surface area contributed by atoms with Gasteiger partial charge in [-0.05, 0) is 47.5 Å². The molecule has 9 heteroatoms. The fraction of sp³-hybridized carbons (Fsp3) is 0.120. The first kappa shape index (κ1) is 23.9. The van der Waals surface area contributed by atoms with Crippen LogP contribution in [0.25, 0.3) is 6.08 Å². The van der Waals surface area contributed by atoms with Crippen molar-refractivity contribution >= 4 is 46.9 Å². The lowest BCUT2D eigenvalue weighted by molar-refractivity contribution is -0.137. The average Bonchev–Trinajstić information content (AvgIpc) is 2.81. The van der Waals surface area contributed by atoms with Gasteiger partial charge in [0.1, 0.15) is 6.54 Å². The van der Waals surface area contributed by atoms with Crippen LogP contribution < -0.4 is 10.2 Å².